The number of carbonyl (C=O) groups is 1. The Bertz CT molecular complexity index is 853. The number of benzene rings is 2. The molecule has 0 atom stereocenters. The van der Waals surface area contributed by atoms with Crippen molar-refractivity contribution < 1.29 is 13.2 Å². The van der Waals surface area contributed by atoms with Crippen LogP contribution < -0.4 is 0 Å². The second-order valence-corrected chi connectivity index (χ2v) is 8.36. The summed E-state index contributed by atoms with van der Waals surface area (Å²) >= 11 is 0. The molecule has 0 radical (unpaired) electrons. The Kier molecular flexibility index (Phi) is 4.60. The first-order chi connectivity index (χ1) is 11.4. The summed E-state index contributed by atoms with van der Waals surface area (Å²) in [5, 5.41) is 1.93. The molecule has 5 nitrogen and oxygen atoms in total. The largest absolute Gasteiger partial charge is 0.349 e. The van der Waals surface area contributed by atoms with Crippen molar-refractivity contribution in [1.29, 1.82) is 0 Å². The summed E-state index contributed by atoms with van der Waals surface area (Å²) in [7, 11) is -0.0412. The van der Waals surface area contributed by atoms with E-state index in [4.69, 9.17) is 0 Å². The topological polar surface area (TPSA) is 57.7 Å². The van der Waals surface area contributed by atoms with Gasteiger partial charge in [-0.15, -0.1) is 0 Å². The van der Waals surface area contributed by atoms with Crippen LogP contribution >= 0.6 is 0 Å². The van der Waals surface area contributed by atoms with Crippen LogP contribution in [0.3, 0.4) is 0 Å². The van der Waals surface area contributed by atoms with Crippen LogP contribution in [0.4, 0.5) is 0 Å². The van der Waals surface area contributed by atoms with Crippen molar-refractivity contribution in [3.63, 3.8) is 0 Å². The molecule has 3 rings (SSSR count). The minimum atomic E-state index is -3.51. The molecule has 2 aromatic rings. The van der Waals surface area contributed by atoms with E-state index in [0.29, 0.717) is 30.8 Å². The Morgan fingerprint density at radius 3 is 2.29 bits per heavy atom. The SMILES string of the molecule is CN(C)C(=O)C1CCN(S(=O)(=O)c2ccc3ccccc3c2)CC1. The van der Waals surface area contributed by atoms with Crippen LogP contribution in [0.25, 0.3) is 10.8 Å². The molecule has 24 heavy (non-hydrogen) atoms. The third kappa shape index (κ3) is 3.16. The number of amides is 1. The van der Waals surface area contributed by atoms with Gasteiger partial charge in [-0.05, 0) is 35.7 Å². The van der Waals surface area contributed by atoms with E-state index < -0.39 is 10.0 Å². The summed E-state index contributed by atoms with van der Waals surface area (Å²) in [6, 6.07) is 12.9. The molecular weight excluding hydrogens is 324 g/mol. The number of hydrogen-bond donors (Lipinski definition) is 0. The molecule has 1 saturated heterocycles. The quantitative estimate of drug-likeness (QED) is 0.857. The second-order valence-electron chi connectivity index (χ2n) is 6.42. The Hall–Kier alpha value is -1.92. The predicted octanol–water partition coefficient (Wildman–Crippen LogP) is 2.33. The zero-order chi connectivity index (χ0) is 17.3. The fraction of sp³-hybridized carbons (Fsp3) is 0.389. The van der Waals surface area contributed by atoms with Crippen molar-refractivity contribution in [3.8, 4) is 0 Å². The molecule has 0 spiro atoms. The molecule has 1 heterocycles. The molecule has 0 aliphatic carbocycles. The summed E-state index contributed by atoms with van der Waals surface area (Å²) in [5.41, 5.74) is 0. The second kappa shape index (κ2) is 6.53. The highest BCUT2D eigenvalue weighted by Gasteiger charge is 2.32. The van der Waals surface area contributed by atoms with Crippen LogP contribution in [0.15, 0.2) is 47.4 Å². The average Bonchev–Trinajstić information content (AvgIpc) is 2.60. The van der Waals surface area contributed by atoms with Crippen LogP contribution in [0.5, 0.6) is 0 Å². The van der Waals surface area contributed by atoms with Crippen LogP contribution in [0.1, 0.15) is 12.8 Å². The first-order valence-electron chi connectivity index (χ1n) is 8.10. The van der Waals surface area contributed by atoms with Gasteiger partial charge < -0.3 is 4.90 Å². The smallest absolute Gasteiger partial charge is 0.243 e. The highest BCUT2D eigenvalue weighted by atomic mass is 32.2. The number of sulfonamides is 1. The minimum absolute atomic E-state index is 0.0805. The maximum atomic E-state index is 12.9. The first kappa shape index (κ1) is 16.9. The van der Waals surface area contributed by atoms with E-state index in [1.807, 2.05) is 30.3 Å². The van der Waals surface area contributed by atoms with Crippen LogP contribution in [0.2, 0.25) is 0 Å². The van der Waals surface area contributed by atoms with Crippen LogP contribution in [0, 0.1) is 5.92 Å². The van der Waals surface area contributed by atoms with Gasteiger partial charge in [-0.3, -0.25) is 4.79 Å². The Labute approximate surface area is 142 Å². The van der Waals surface area contributed by atoms with Crippen molar-refractivity contribution in [2.24, 2.45) is 5.92 Å². The number of rotatable bonds is 3. The van der Waals surface area contributed by atoms with Gasteiger partial charge in [0.1, 0.15) is 0 Å². The van der Waals surface area contributed by atoms with Gasteiger partial charge in [0.05, 0.1) is 4.90 Å². The van der Waals surface area contributed by atoms with Crippen LogP contribution in [-0.4, -0.2) is 50.7 Å². The van der Waals surface area contributed by atoms with Crippen LogP contribution in [-0.2, 0) is 14.8 Å². The summed E-state index contributed by atoms with van der Waals surface area (Å²) in [6.07, 6.45) is 1.15. The van der Waals surface area contributed by atoms with Gasteiger partial charge >= 0.3 is 0 Å². The van der Waals surface area contributed by atoms with Gasteiger partial charge in [0.15, 0.2) is 0 Å². The molecule has 128 valence electrons. The lowest BCUT2D eigenvalue weighted by molar-refractivity contribution is -0.134. The molecule has 0 unspecified atom stereocenters. The summed E-state index contributed by atoms with van der Waals surface area (Å²) in [6.45, 7) is 0.777. The maximum absolute atomic E-state index is 12.9. The fourth-order valence-electron chi connectivity index (χ4n) is 3.19. The van der Waals surface area contributed by atoms with E-state index in [1.54, 1.807) is 31.1 Å². The van der Waals surface area contributed by atoms with E-state index in [-0.39, 0.29) is 11.8 Å². The van der Waals surface area contributed by atoms with E-state index in [2.05, 4.69) is 0 Å². The minimum Gasteiger partial charge on any atom is -0.349 e. The fourth-order valence-corrected chi connectivity index (χ4v) is 4.69. The molecule has 0 saturated carbocycles. The van der Waals surface area contributed by atoms with Crippen molar-refractivity contribution in [1.82, 2.24) is 9.21 Å². The van der Waals surface area contributed by atoms with Crippen molar-refractivity contribution in [2.45, 2.75) is 17.7 Å². The molecule has 0 N–H and O–H groups in total. The lowest BCUT2D eigenvalue weighted by atomic mass is 9.97. The third-order valence-corrected chi connectivity index (χ3v) is 6.50. The van der Waals surface area contributed by atoms with E-state index in [0.717, 1.165) is 10.8 Å². The van der Waals surface area contributed by atoms with E-state index >= 15 is 0 Å². The third-order valence-electron chi connectivity index (χ3n) is 4.60. The average molecular weight is 346 g/mol. The first-order valence-corrected chi connectivity index (χ1v) is 9.54. The number of hydrogen-bond acceptors (Lipinski definition) is 3. The van der Waals surface area contributed by atoms with Gasteiger partial charge in [-0.25, -0.2) is 8.42 Å². The van der Waals surface area contributed by atoms with Gasteiger partial charge in [-0.2, -0.15) is 4.31 Å². The number of carbonyl (C=O) groups excluding carboxylic acids is 1. The number of nitrogens with zero attached hydrogens (tertiary/aromatic N) is 2. The predicted molar refractivity (Wildman–Crippen MR) is 94.1 cm³/mol. The van der Waals surface area contributed by atoms with Gasteiger partial charge in [0, 0.05) is 33.1 Å². The maximum Gasteiger partial charge on any atom is 0.243 e. The molecule has 1 fully saturated rings. The van der Waals surface area contributed by atoms with Crippen molar-refractivity contribution >= 4 is 26.7 Å². The Morgan fingerprint density at radius 1 is 1.04 bits per heavy atom. The highest BCUT2D eigenvalue weighted by molar-refractivity contribution is 7.89. The monoisotopic (exact) mass is 346 g/mol. The molecule has 0 aromatic heterocycles. The summed E-state index contributed by atoms with van der Waals surface area (Å²) in [5.74, 6) is 0.000747. The van der Waals surface area contributed by atoms with Crippen molar-refractivity contribution in [3.05, 3.63) is 42.5 Å². The van der Waals surface area contributed by atoms with Gasteiger partial charge in [0.2, 0.25) is 15.9 Å². The van der Waals surface area contributed by atoms with Crippen molar-refractivity contribution in [2.75, 3.05) is 27.2 Å². The molecule has 1 aliphatic heterocycles. The summed E-state index contributed by atoms with van der Waals surface area (Å²) < 4.78 is 27.2. The Balaban J connectivity index is 1.79. The summed E-state index contributed by atoms with van der Waals surface area (Å²) in [4.78, 5) is 13.9. The van der Waals surface area contributed by atoms with E-state index in [1.165, 1.54) is 4.31 Å². The lowest BCUT2D eigenvalue weighted by Gasteiger charge is -2.31. The standard InChI is InChI=1S/C18H22N2O3S/c1-19(2)18(21)15-9-11-20(12-10-15)24(22,23)17-8-7-14-5-3-4-6-16(14)13-17/h3-8,13,15H,9-12H2,1-2H3. The zero-order valence-corrected chi connectivity index (χ0v) is 14.8. The lowest BCUT2D eigenvalue weighted by Crippen LogP contribution is -2.42. The molecule has 6 heteroatoms. The molecule has 1 aliphatic rings. The Morgan fingerprint density at radius 2 is 1.67 bits per heavy atom. The number of fused-ring (bicyclic) bond motifs is 1. The molecule has 0 bridgehead atoms. The molecule has 2 aromatic carbocycles. The zero-order valence-electron chi connectivity index (χ0n) is 14.0. The molecular formula is C18H22N2O3S. The number of piperidine rings is 1. The highest BCUT2D eigenvalue weighted by Crippen LogP contribution is 2.26. The van der Waals surface area contributed by atoms with E-state index in [9.17, 15) is 13.2 Å². The molecule has 1 amide bonds. The van der Waals surface area contributed by atoms with Gasteiger partial charge in [0.25, 0.3) is 0 Å². The van der Waals surface area contributed by atoms with Gasteiger partial charge in [-0.1, -0.05) is 30.3 Å². The normalized spacial score (nSPS) is 17.1.